The number of benzene rings is 2. The molecule has 0 amide bonds. The maximum Gasteiger partial charge on any atom is 0.118 e. The zero-order valence-electron chi connectivity index (χ0n) is 17.4. The molecular formula is C25H35NO2. The Morgan fingerprint density at radius 3 is 2.29 bits per heavy atom. The fraction of sp³-hybridized carbons (Fsp3) is 0.520. The van der Waals surface area contributed by atoms with Crippen molar-refractivity contribution in [3.63, 3.8) is 0 Å². The van der Waals surface area contributed by atoms with Gasteiger partial charge in [0.25, 0.3) is 0 Å². The first kappa shape index (κ1) is 20.9. The Labute approximate surface area is 170 Å². The lowest BCUT2D eigenvalue weighted by Crippen LogP contribution is -2.42. The molecule has 0 aliphatic carbocycles. The first-order valence-electron chi connectivity index (χ1n) is 10.8. The second kappa shape index (κ2) is 10.1. The van der Waals surface area contributed by atoms with Gasteiger partial charge in [-0.3, -0.25) is 0 Å². The second-order valence-corrected chi connectivity index (χ2v) is 8.08. The summed E-state index contributed by atoms with van der Waals surface area (Å²) in [7, 11) is 1.68. The van der Waals surface area contributed by atoms with E-state index in [0.29, 0.717) is 0 Å². The molecule has 3 nitrogen and oxygen atoms in total. The molecule has 0 spiro atoms. The maximum absolute atomic E-state index is 12.2. The van der Waals surface area contributed by atoms with Crippen LogP contribution in [0.4, 0.5) is 0 Å². The van der Waals surface area contributed by atoms with E-state index in [2.05, 4.69) is 42.2 Å². The van der Waals surface area contributed by atoms with Crippen LogP contribution in [0.3, 0.4) is 0 Å². The van der Waals surface area contributed by atoms with Gasteiger partial charge in [-0.25, -0.2) is 0 Å². The molecule has 1 N–H and O–H groups in total. The molecule has 0 aromatic heterocycles. The van der Waals surface area contributed by atoms with Crippen LogP contribution in [0.5, 0.6) is 5.75 Å². The van der Waals surface area contributed by atoms with Gasteiger partial charge in [-0.15, -0.1) is 0 Å². The standard InChI is InChI=1S/C25H35NO2/c1-3-4-17-25(27,22-13-15-23(28-2)16-14-22)24(21-11-7-5-8-12-21)20-26-18-9-6-10-19-26/h5,7-8,11-16,24,27H,3-4,6,9-10,17-20H2,1-2H3/t24-,25-/m0/s1. The quantitative estimate of drug-likeness (QED) is 0.636. The largest absolute Gasteiger partial charge is 0.497 e. The van der Waals surface area contributed by atoms with Gasteiger partial charge in [0.2, 0.25) is 0 Å². The molecule has 28 heavy (non-hydrogen) atoms. The SMILES string of the molecule is CCCC[C@](O)(c1ccc(OC)cc1)[C@@H](CN1CCCCC1)c1ccccc1. The van der Waals surface area contributed by atoms with Crippen molar-refractivity contribution >= 4 is 0 Å². The predicted octanol–water partition coefficient (Wildman–Crippen LogP) is 5.34. The Morgan fingerprint density at radius 1 is 1.00 bits per heavy atom. The highest BCUT2D eigenvalue weighted by Gasteiger charge is 2.40. The third-order valence-corrected chi connectivity index (χ3v) is 6.17. The minimum absolute atomic E-state index is 0.0479. The minimum Gasteiger partial charge on any atom is -0.497 e. The van der Waals surface area contributed by atoms with Crippen molar-refractivity contribution in [2.24, 2.45) is 0 Å². The Kier molecular flexibility index (Phi) is 7.52. The van der Waals surface area contributed by atoms with Crippen molar-refractivity contribution in [2.75, 3.05) is 26.7 Å². The normalized spacial score (nSPS) is 18.4. The lowest BCUT2D eigenvalue weighted by Gasteiger charge is -2.41. The van der Waals surface area contributed by atoms with Crippen LogP contribution in [0, 0.1) is 0 Å². The highest BCUT2D eigenvalue weighted by atomic mass is 16.5. The first-order valence-corrected chi connectivity index (χ1v) is 10.8. The molecule has 0 radical (unpaired) electrons. The second-order valence-electron chi connectivity index (χ2n) is 8.08. The zero-order valence-corrected chi connectivity index (χ0v) is 17.4. The number of hydrogen-bond donors (Lipinski definition) is 1. The number of methoxy groups -OCH3 is 1. The van der Waals surface area contributed by atoms with E-state index in [0.717, 1.165) is 50.2 Å². The molecule has 1 fully saturated rings. The summed E-state index contributed by atoms with van der Waals surface area (Å²) in [6, 6.07) is 18.6. The van der Waals surface area contributed by atoms with E-state index in [1.54, 1.807) is 7.11 Å². The molecule has 2 aromatic carbocycles. The molecule has 2 atom stereocenters. The molecule has 2 aromatic rings. The number of aliphatic hydroxyl groups is 1. The fourth-order valence-electron chi connectivity index (χ4n) is 4.46. The summed E-state index contributed by atoms with van der Waals surface area (Å²) < 4.78 is 5.34. The molecule has 1 aliphatic rings. The lowest BCUT2D eigenvalue weighted by atomic mass is 9.74. The summed E-state index contributed by atoms with van der Waals surface area (Å²) in [4.78, 5) is 2.54. The number of ether oxygens (including phenoxy) is 1. The van der Waals surface area contributed by atoms with Crippen molar-refractivity contribution in [1.29, 1.82) is 0 Å². The van der Waals surface area contributed by atoms with Crippen LogP contribution in [0.25, 0.3) is 0 Å². The summed E-state index contributed by atoms with van der Waals surface area (Å²) in [5, 5.41) is 12.2. The van der Waals surface area contributed by atoms with Crippen LogP contribution in [0.1, 0.15) is 62.5 Å². The smallest absolute Gasteiger partial charge is 0.118 e. The van der Waals surface area contributed by atoms with Crippen molar-refractivity contribution in [1.82, 2.24) is 4.90 Å². The molecule has 0 unspecified atom stereocenters. The van der Waals surface area contributed by atoms with Gasteiger partial charge in [0.15, 0.2) is 0 Å². The van der Waals surface area contributed by atoms with Gasteiger partial charge in [-0.05, 0) is 55.6 Å². The minimum atomic E-state index is -0.888. The van der Waals surface area contributed by atoms with Gasteiger partial charge in [0.1, 0.15) is 5.75 Å². The van der Waals surface area contributed by atoms with Crippen LogP contribution in [-0.2, 0) is 5.60 Å². The van der Waals surface area contributed by atoms with E-state index in [9.17, 15) is 5.11 Å². The number of likely N-dealkylation sites (tertiary alicyclic amines) is 1. The molecule has 3 heteroatoms. The van der Waals surface area contributed by atoms with E-state index >= 15 is 0 Å². The van der Waals surface area contributed by atoms with Gasteiger partial charge in [0, 0.05) is 12.5 Å². The maximum atomic E-state index is 12.2. The Balaban J connectivity index is 1.98. The summed E-state index contributed by atoms with van der Waals surface area (Å²) in [5.74, 6) is 0.876. The van der Waals surface area contributed by atoms with Crippen molar-refractivity contribution in [3.05, 3.63) is 65.7 Å². The predicted molar refractivity (Wildman–Crippen MR) is 116 cm³/mol. The molecule has 0 bridgehead atoms. The average molecular weight is 382 g/mol. The lowest BCUT2D eigenvalue weighted by molar-refractivity contribution is -0.0164. The summed E-state index contributed by atoms with van der Waals surface area (Å²) in [5.41, 5.74) is 1.33. The van der Waals surface area contributed by atoms with Gasteiger partial charge >= 0.3 is 0 Å². The summed E-state index contributed by atoms with van der Waals surface area (Å²) >= 11 is 0. The van der Waals surface area contributed by atoms with Gasteiger partial charge < -0.3 is 14.7 Å². The van der Waals surface area contributed by atoms with E-state index in [4.69, 9.17) is 4.74 Å². The monoisotopic (exact) mass is 381 g/mol. The van der Waals surface area contributed by atoms with Gasteiger partial charge in [-0.1, -0.05) is 68.7 Å². The first-order chi connectivity index (χ1) is 13.7. The number of hydrogen-bond acceptors (Lipinski definition) is 3. The van der Waals surface area contributed by atoms with E-state index in [-0.39, 0.29) is 5.92 Å². The summed E-state index contributed by atoms with van der Waals surface area (Å²) in [6.45, 7) is 5.36. The molecule has 0 saturated carbocycles. The number of unbranched alkanes of at least 4 members (excludes halogenated alkanes) is 1. The number of rotatable bonds is 9. The molecule has 3 rings (SSSR count). The molecule has 152 valence electrons. The molecule has 1 aliphatic heterocycles. The van der Waals surface area contributed by atoms with Crippen LogP contribution < -0.4 is 4.74 Å². The molecule has 1 heterocycles. The van der Waals surface area contributed by atoms with Crippen molar-refractivity contribution in [2.45, 2.75) is 57.0 Å². The van der Waals surface area contributed by atoms with Crippen LogP contribution >= 0.6 is 0 Å². The number of nitrogens with zero attached hydrogens (tertiary/aromatic N) is 1. The Hall–Kier alpha value is -1.84. The Morgan fingerprint density at radius 2 is 1.68 bits per heavy atom. The number of piperidine rings is 1. The zero-order chi connectivity index (χ0) is 19.8. The Bertz CT molecular complexity index is 694. The third-order valence-electron chi connectivity index (χ3n) is 6.17. The molecular weight excluding hydrogens is 346 g/mol. The average Bonchev–Trinajstić information content (AvgIpc) is 2.77. The van der Waals surface area contributed by atoms with Crippen LogP contribution in [-0.4, -0.2) is 36.8 Å². The molecule has 1 saturated heterocycles. The topological polar surface area (TPSA) is 32.7 Å². The van der Waals surface area contributed by atoms with E-state index < -0.39 is 5.60 Å². The third kappa shape index (κ3) is 4.95. The van der Waals surface area contributed by atoms with Gasteiger partial charge in [-0.2, -0.15) is 0 Å². The highest BCUT2D eigenvalue weighted by Crippen LogP contribution is 2.42. The van der Waals surface area contributed by atoms with Crippen molar-refractivity contribution < 1.29 is 9.84 Å². The van der Waals surface area contributed by atoms with Crippen LogP contribution in [0.15, 0.2) is 54.6 Å². The van der Waals surface area contributed by atoms with Gasteiger partial charge in [0.05, 0.1) is 12.7 Å². The van der Waals surface area contributed by atoms with Crippen LogP contribution in [0.2, 0.25) is 0 Å². The fourth-order valence-corrected chi connectivity index (χ4v) is 4.46. The highest BCUT2D eigenvalue weighted by molar-refractivity contribution is 5.35. The summed E-state index contributed by atoms with van der Waals surface area (Å²) in [6.07, 6.45) is 6.69. The van der Waals surface area contributed by atoms with E-state index in [1.807, 2.05) is 24.3 Å². The van der Waals surface area contributed by atoms with Crippen molar-refractivity contribution in [3.8, 4) is 5.75 Å². The van der Waals surface area contributed by atoms with E-state index in [1.165, 1.54) is 24.8 Å².